The second-order valence-corrected chi connectivity index (χ2v) is 9.72. The van der Waals surface area contributed by atoms with Crippen LogP contribution in [0.5, 0.6) is 0 Å². The van der Waals surface area contributed by atoms with E-state index in [0.717, 1.165) is 5.69 Å². The van der Waals surface area contributed by atoms with Crippen molar-refractivity contribution >= 4 is 37.5 Å². The molecule has 0 unspecified atom stereocenters. The number of rotatable bonds is 1. The number of nitrogens with zero attached hydrogens (tertiary/aromatic N) is 6. The van der Waals surface area contributed by atoms with Crippen LogP contribution in [0.3, 0.4) is 0 Å². The van der Waals surface area contributed by atoms with E-state index in [9.17, 15) is 0 Å². The highest BCUT2D eigenvalue weighted by Gasteiger charge is 2.44. The van der Waals surface area contributed by atoms with Crippen LogP contribution < -0.4 is 9.44 Å². The molecule has 1 aliphatic rings. The largest absolute Gasteiger partial charge is 0.382 e. The van der Waals surface area contributed by atoms with Gasteiger partial charge in [-0.1, -0.05) is 30.1 Å². The zero-order valence-corrected chi connectivity index (χ0v) is 17.4. The minimum atomic E-state index is -0.358. The molecule has 0 radical (unpaired) electrons. The number of para-hydroxylation sites is 1. The fourth-order valence-corrected chi connectivity index (χ4v) is 4.84. The average molecular weight is 371 g/mol. The topological polar surface area (TPSA) is 62.1 Å². The maximum absolute atomic E-state index is 4.25. The van der Waals surface area contributed by atoms with E-state index in [0.29, 0.717) is 5.95 Å². The summed E-state index contributed by atoms with van der Waals surface area (Å²) in [5.74, 6) is 0.686. The van der Waals surface area contributed by atoms with E-state index in [1.807, 2.05) is 10.7 Å². The molecule has 0 saturated carbocycles. The summed E-state index contributed by atoms with van der Waals surface area (Å²) < 4.78 is 6.68. The lowest BCUT2D eigenvalue weighted by Crippen LogP contribution is -2.63. The molecule has 138 valence electrons. The van der Waals surface area contributed by atoms with E-state index in [1.54, 1.807) is 11.9 Å². The Morgan fingerprint density at radius 2 is 1.77 bits per heavy atom. The standard InChI is InChI=1S/C16H27B2N7S/c1-15(2,3)25-17(6)19-14-20-21-22-23(14)16(4,5)26-24(18(25)7)13-11-9-8-10-12-13/h8-12H,1-7H3,(H,19,20,22). The number of nitrogens with one attached hydrogen (secondary N) is 1. The third-order valence-electron chi connectivity index (χ3n) is 4.58. The van der Waals surface area contributed by atoms with Gasteiger partial charge in [0.25, 0.3) is 0 Å². The molecule has 7 nitrogen and oxygen atoms in total. The molecule has 0 saturated heterocycles. The maximum Gasteiger partial charge on any atom is 0.341 e. The second kappa shape index (κ2) is 6.81. The van der Waals surface area contributed by atoms with Crippen LogP contribution in [0.1, 0.15) is 34.6 Å². The SMILES string of the molecule is CB1Nc2nnnn2C(C)(C)SN(c2ccccc2)B(C)N1C(C)(C)C. The van der Waals surface area contributed by atoms with Gasteiger partial charge in [0, 0.05) is 5.69 Å². The average Bonchev–Trinajstić information content (AvgIpc) is 3.01. The van der Waals surface area contributed by atoms with Gasteiger partial charge in [0.15, 0.2) is 0 Å². The first-order chi connectivity index (χ1) is 12.1. The summed E-state index contributed by atoms with van der Waals surface area (Å²) in [4.78, 5) is -0.358. The fourth-order valence-electron chi connectivity index (χ4n) is 3.67. The van der Waals surface area contributed by atoms with Gasteiger partial charge in [-0.05, 0) is 81.5 Å². The third-order valence-corrected chi connectivity index (χ3v) is 5.92. The lowest BCUT2D eigenvalue weighted by molar-refractivity contribution is 0.363. The molecule has 0 fully saturated rings. The van der Waals surface area contributed by atoms with Crippen LogP contribution in [-0.4, -0.2) is 44.4 Å². The molecule has 1 N–H and O–H groups in total. The first-order valence-electron chi connectivity index (χ1n) is 8.98. The quantitative estimate of drug-likeness (QED) is 0.610. The molecular weight excluding hydrogens is 344 g/mol. The number of benzene rings is 1. The van der Waals surface area contributed by atoms with E-state index in [2.05, 4.69) is 102 Å². The molecular formula is C16H27B2N7S. The Labute approximate surface area is 161 Å². The first kappa shape index (κ1) is 19.1. The zero-order valence-electron chi connectivity index (χ0n) is 16.6. The summed E-state index contributed by atoms with van der Waals surface area (Å²) in [5.41, 5.74) is 1.11. The van der Waals surface area contributed by atoms with Crippen molar-refractivity contribution in [2.24, 2.45) is 0 Å². The number of anilines is 2. The van der Waals surface area contributed by atoms with Crippen LogP contribution in [0.2, 0.25) is 13.6 Å². The Hall–Kier alpha value is -1.67. The predicted molar refractivity (Wildman–Crippen MR) is 112 cm³/mol. The smallest absolute Gasteiger partial charge is 0.341 e. The van der Waals surface area contributed by atoms with Crippen molar-refractivity contribution in [2.45, 2.75) is 58.7 Å². The Bertz CT molecular complexity index is 747. The molecule has 2 heterocycles. The summed E-state index contributed by atoms with van der Waals surface area (Å²) in [7, 11) is 0. The molecule has 2 aromatic rings. The van der Waals surface area contributed by atoms with Crippen molar-refractivity contribution in [2.75, 3.05) is 9.44 Å². The monoisotopic (exact) mass is 371 g/mol. The molecule has 1 aliphatic heterocycles. The highest BCUT2D eigenvalue weighted by atomic mass is 32.2. The van der Waals surface area contributed by atoms with Crippen molar-refractivity contribution in [1.82, 2.24) is 24.9 Å². The summed E-state index contributed by atoms with van der Waals surface area (Å²) in [6, 6.07) is 10.5. The highest BCUT2D eigenvalue weighted by molar-refractivity contribution is 8.02. The zero-order chi connectivity index (χ0) is 19.1. The van der Waals surface area contributed by atoms with Crippen LogP contribution in [-0.2, 0) is 4.87 Å². The van der Waals surface area contributed by atoms with E-state index in [1.165, 1.54) is 0 Å². The van der Waals surface area contributed by atoms with E-state index in [4.69, 9.17) is 0 Å². The minimum Gasteiger partial charge on any atom is -0.382 e. The van der Waals surface area contributed by atoms with Crippen LogP contribution >= 0.6 is 11.9 Å². The molecule has 0 atom stereocenters. The highest BCUT2D eigenvalue weighted by Crippen LogP contribution is 2.40. The number of fused-ring (bicyclic) bond motifs is 1. The second-order valence-electron chi connectivity index (χ2n) is 8.14. The lowest BCUT2D eigenvalue weighted by Gasteiger charge is -2.46. The van der Waals surface area contributed by atoms with Gasteiger partial charge >= 0.3 is 14.0 Å². The molecule has 0 bridgehead atoms. The summed E-state index contributed by atoms with van der Waals surface area (Å²) in [6.45, 7) is 15.6. The van der Waals surface area contributed by atoms with Crippen molar-refractivity contribution in [3.05, 3.63) is 30.3 Å². The number of hydrogen-bond donors (Lipinski definition) is 1. The van der Waals surface area contributed by atoms with Gasteiger partial charge < -0.3 is 14.2 Å². The Morgan fingerprint density at radius 3 is 2.38 bits per heavy atom. The summed E-state index contributed by atoms with van der Waals surface area (Å²) in [6.07, 6.45) is 0. The van der Waals surface area contributed by atoms with Gasteiger partial charge in [0.1, 0.15) is 4.87 Å². The molecule has 0 aliphatic carbocycles. The molecule has 0 amide bonds. The molecule has 10 heteroatoms. The Kier molecular flexibility index (Phi) is 5.00. The normalized spacial score (nSPS) is 18.7. The molecule has 3 rings (SSSR count). The number of aromatic nitrogens is 4. The van der Waals surface area contributed by atoms with Gasteiger partial charge in [-0.2, -0.15) is 4.68 Å². The van der Waals surface area contributed by atoms with Crippen molar-refractivity contribution < 1.29 is 0 Å². The molecule has 1 aromatic heterocycles. The van der Waals surface area contributed by atoms with Crippen molar-refractivity contribution in [3.63, 3.8) is 0 Å². The van der Waals surface area contributed by atoms with E-state index >= 15 is 0 Å². The first-order valence-corrected chi connectivity index (χ1v) is 9.76. The number of hydrogen-bond acceptors (Lipinski definition) is 7. The van der Waals surface area contributed by atoms with Crippen LogP contribution in [0.15, 0.2) is 30.3 Å². The minimum absolute atomic E-state index is 0.0494. The number of tetrazole rings is 1. The van der Waals surface area contributed by atoms with Crippen LogP contribution in [0.25, 0.3) is 0 Å². The summed E-state index contributed by atoms with van der Waals surface area (Å²) in [5, 5.41) is 15.9. The van der Waals surface area contributed by atoms with E-state index < -0.39 is 0 Å². The molecule has 0 spiro atoms. The van der Waals surface area contributed by atoms with Gasteiger partial charge in [-0.3, -0.25) is 0 Å². The van der Waals surface area contributed by atoms with E-state index in [-0.39, 0.29) is 24.4 Å². The van der Waals surface area contributed by atoms with Crippen LogP contribution in [0.4, 0.5) is 11.6 Å². The molecule has 26 heavy (non-hydrogen) atoms. The molecule has 1 aromatic carbocycles. The Balaban J connectivity index is 2.14. The maximum atomic E-state index is 4.25. The van der Waals surface area contributed by atoms with Gasteiger partial charge in [0.05, 0.1) is 0 Å². The lowest BCUT2D eigenvalue weighted by atomic mass is 9.59. The fraction of sp³-hybridized carbons (Fsp3) is 0.562. The van der Waals surface area contributed by atoms with Gasteiger partial charge in [-0.25, -0.2) is 0 Å². The van der Waals surface area contributed by atoms with Gasteiger partial charge in [-0.15, -0.1) is 0 Å². The third kappa shape index (κ3) is 3.57. The predicted octanol–water partition coefficient (Wildman–Crippen LogP) is 3.28. The van der Waals surface area contributed by atoms with Crippen molar-refractivity contribution in [1.29, 1.82) is 0 Å². The van der Waals surface area contributed by atoms with Gasteiger partial charge in [0.2, 0.25) is 5.95 Å². The Morgan fingerprint density at radius 1 is 1.12 bits per heavy atom. The van der Waals surface area contributed by atoms with Crippen LogP contribution in [0, 0.1) is 0 Å². The van der Waals surface area contributed by atoms with Crippen molar-refractivity contribution in [3.8, 4) is 0 Å². The summed E-state index contributed by atoms with van der Waals surface area (Å²) >= 11 is 1.74.